The summed E-state index contributed by atoms with van der Waals surface area (Å²) in [7, 11) is 0. The van der Waals surface area contributed by atoms with Gasteiger partial charge in [-0.05, 0) is 72.7 Å². The molecule has 0 aliphatic heterocycles. The van der Waals surface area contributed by atoms with Crippen LogP contribution in [0.4, 0.5) is 0 Å². The number of benzene rings is 3. The minimum absolute atomic E-state index is 0.0423. The Morgan fingerprint density at radius 3 is 2.41 bits per heavy atom. The topological polar surface area (TPSA) is 56.2 Å². The van der Waals surface area contributed by atoms with Crippen molar-refractivity contribution in [2.24, 2.45) is 0 Å². The molecule has 0 spiro atoms. The number of imidazole rings is 1. The highest BCUT2D eigenvalue weighted by Gasteiger charge is 2.18. The summed E-state index contributed by atoms with van der Waals surface area (Å²) in [6, 6.07) is 23.6. The number of hydrogen-bond acceptors (Lipinski definition) is 3. The molecule has 1 unspecified atom stereocenters. The minimum atomic E-state index is -0.218. The van der Waals surface area contributed by atoms with Gasteiger partial charge in [-0.2, -0.15) is 0 Å². The molecule has 1 amide bonds. The zero-order valence-electron chi connectivity index (χ0n) is 22.1. The fourth-order valence-corrected chi connectivity index (χ4v) is 4.54. The first-order chi connectivity index (χ1) is 17.7. The zero-order chi connectivity index (χ0) is 26.4. The summed E-state index contributed by atoms with van der Waals surface area (Å²) in [5.41, 5.74) is 4.38. The summed E-state index contributed by atoms with van der Waals surface area (Å²) in [5.74, 6) is 1.72. The van der Waals surface area contributed by atoms with Gasteiger partial charge in [-0.15, -0.1) is 0 Å². The van der Waals surface area contributed by atoms with Gasteiger partial charge in [0.1, 0.15) is 11.6 Å². The van der Waals surface area contributed by atoms with Crippen molar-refractivity contribution in [3.63, 3.8) is 0 Å². The van der Waals surface area contributed by atoms with Gasteiger partial charge in [-0.3, -0.25) is 4.79 Å². The van der Waals surface area contributed by atoms with E-state index in [1.165, 1.54) is 5.56 Å². The second-order valence-corrected chi connectivity index (χ2v) is 11.0. The van der Waals surface area contributed by atoms with Gasteiger partial charge < -0.3 is 14.6 Å². The van der Waals surface area contributed by atoms with Gasteiger partial charge in [-0.25, -0.2) is 4.98 Å². The van der Waals surface area contributed by atoms with E-state index in [1.54, 1.807) is 12.1 Å². The number of amides is 1. The van der Waals surface area contributed by atoms with E-state index >= 15 is 0 Å². The first-order valence-electron chi connectivity index (χ1n) is 12.9. The van der Waals surface area contributed by atoms with Crippen LogP contribution < -0.4 is 10.1 Å². The standard InChI is InChI=1S/C31H36ClN3O2/c1-22(33-29(36)21-23-11-15-25(32)16-12-23)30-34-27-9-5-6-10-28(27)35(30)19-7-8-20-37-26-17-13-24(14-18-26)31(2,3)4/h5-6,9-18,22H,7-8,19-21H2,1-4H3,(H,33,36). The number of unbranched alkanes of at least 4 members (excludes halogenated alkanes) is 1. The van der Waals surface area contributed by atoms with Gasteiger partial charge in [0.15, 0.2) is 0 Å². The highest BCUT2D eigenvalue weighted by molar-refractivity contribution is 6.30. The van der Waals surface area contributed by atoms with Crippen LogP contribution in [0.25, 0.3) is 11.0 Å². The molecule has 1 aromatic heterocycles. The Morgan fingerprint density at radius 2 is 1.70 bits per heavy atom. The summed E-state index contributed by atoms with van der Waals surface area (Å²) in [4.78, 5) is 17.6. The average Bonchev–Trinajstić information content (AvgIpc) is 3.24. The summed E-state index contributed by atoms with van der Waals surface area (Å²) < 4.78 is 8.21. The fraction of sp³-hybridized carbons (Fsp3) is 0.355. The second kappa shape index (κ2) is 11.8. The lowest BCUT2D eigenvalue weighted by molar-refractivity contribution is -0.121. The Labute approximate surface area is 224 Å². The van der Waals surface area contributed by atoms with Gasteiger partial charge >= 0.3 is 0 Å². The molecule has 194 valence electrons. The molecule has 0 saturated heterocycles. The minimum Gasteiger partial charge on any atom is -0.494 e. The van der Waals surface area contributed by atoms with E-state index in [0.717, 1.165) is 47.6 Å². The molecule has 6 heteroatoms. The lowest BCUT2D eigenvalue weighted by Gasteiger charge is -2.19. The van der Waals surface area contributed by atoms with E-state index < -0.39 is 0 Å². The van der Waals surface area contributed by atoms with Crippen molar-refractivity contribution in [3.8, 4) is 5.75 Å². The third-order valence-corrected chi connectivity index (χ3v) is 6.74. The number of halogens is 1. The molecule has 4 aromatic rings. The maximum atomic E-state index is 12.7. The number of para-hydroxylation sites is 2. The van der Waals surface area contributed by atoms with Gasteiger partial charge in [0.2, 0.25) is 5.91 Å². The maximum Gasteiger partial charge on any atom is 0.224 e. The molecule has 0 bridgehead atoms. The van der Waals surface area contributed by atoms with Crippen LogP contribution in [0.1, 0.15) is 63.5 Å². The number of ether oxygens (including phenoxy) is 1. The van der Waals surface area contributed by atoms with Crippen LogP contribution in [0.5, 0.6) is 5.75 Å². The lowest BCUT2D eigenvalue weighted by atomic mass is 9.87. The number of aryl methyl sites for hydroxylation is 1. The predicted octanol–water partition coefficient (Wildman–Crippen LogP) is 7.27. The van der Waals surface area contributed by atoms with Gasteiger partial charge in [0.25, 0.3) is 0 Å². The van der Waals surface area contributed by atoms with E-state index in [0.29, 0.717) is 18.1 Å². The third-order valence-electron chi connectivity index (χ3n) is 6.49. The van der Waals surface area contributed by atoms with Crippen LogP contribution in [0, 0.1) is 0 Å². The zero-order valence-corrected chi connectivity index (χ0v) is 22.9. The third kappa shape index (κ3) is 7.14. The number of carbonyl (C=O) groups is 1. The van der Waals surface area contributed by atoms with E-state index in [9.17, 15) is 4.79 Å². The van der Waals surface area contributed by atoms with Gasteiger partial charge in [0.05, 0.1) is 30.1 Å². The molecule has 0 aliphatic carbocycles. The summed E-state index contributed by atoms with van der Waals surface area (Å²) in [6.07, 6.45) is 2.17. The van der Waals surface area contributed by atoms with Crippen LogP contribution in [0.2, 0.25) is 5.02 Å². The molecule has 1 atom stereocenters. The Kier molecular flexibility index (Phi) is 8.55. The molecule has 5 nitrogen and oxygen atoms in total. The smallest absolute Gasteiger partial charge is 0.224 e. The maximum absolute atomic E-state index is 12.7. The Bertz CT molecular complexity index is 1320. The first-order valence-corrected chi connectivity index (χ1v) is 13.3. The number of hydrogen-bond donors (Lipinski definition) is 1. The molecule has 4 rings (SSSR count). The van der Waals surface area contributed by atoms with Crippen LogP contribution in [0.3, 0.4) is 0 Å². The first kappa shape index (κ1) is 26.7. The number of nitrogens with zero attached hydrogens (tertiary/aromatic N) is 2. The van der Waals surface area contributed by atoms with Gasteiger partial charge in [0, 0.05) is 11.6 Å². The highest BCUT2D eigenvalue weighted by atomic mass is 35.5. The van der Waals surface area contributed by atoms with E-state index in [-0.39, 0.29) is 17.4 Å². The van der Waals surface area contributed by atoms with Crippen molar-refractivity contribution >= 4 is 28.5 Å². The summed E-state index contributed by atoms with van der Waals surface area (Å²) in [6.45, 7) is 10.1. The van der Waals surface area contributed by atoms with E-state index in [1.807, 2.05) is 37.3 Å². The molecule has 37 heavy (non-hydrogen) atoms. The molecule has 3 aromatic carbocycles. The van der Waals surface area contributed by atoms with Crippen molar-refractivity contribution in [3.05, 3.63) is 94.8 Å². The van der Waals surface area contributed by atoms with Crippen LogP contribution in [-0.4, -0.2) is 22.1 Å². The second-order valence-electron chi connectivity index (χ2n) is 10.5. The lowest BCUT2D eigenvalue weighted by Crippen LogP contribution is -2.30. The molecule has 0 fully saturated rings. The number of fused-ring (bicyclic) bond motifs is 1. The Morgan fingerprint density at radius 1 is 1.00 bits per heavy atom. The average molecular weight is 518 g/mol. The predicted molar refractivity (Wildman–Crippen MR) is 151 cm³/mol. The van der Waals surface area contributed by atoms with Crippen LogP contribution >= 0.6 is 11.6 Å². The fourth-order valence-electron chi connectivity index (χ4n) is 4.42. The van der Waals surface area contributed by atoms with Crippen molar-refractivity contribution in [2.75, 3.05) is 6.61 Å². The number of carbonyl (C=O) groups excluding carboxylic acids is 1. The van der Waals surface area contributed by atoms with Crippen LogP contribution in [0.15, 0.2) is 72.8 Å². The van der Waals surface area contributed by atoms with Gasteiger partial charge in [-0.1, -0.05) is 68.8 Å². The Balaban J connectivity index is 1.35. The number of rotatable bonds is 10. The molecule has 0 aliphatic rings. The summed E-state index contributed by atoms with van der Waals surface area (Å²) in [5, 5.41) is 3.78. The largest absolute Gasteiger partial charge is 0.494 e. The van der Waals surface area contributed by atoms with Crippen molar-refractivity contribution in [2.45, 2.75) is 65.0 Å². The molecule has 0 saturated carbocycles. The molecule has 1 heterocycles. The normalized spacial score (nSPS) is 12.5. The molecular weight excluding hydrogens is 482 g/mol. The number of nitrogens with one attached hydrogen (secondary N) is 1. The van der Waals surface area contributed by atoms with Crippen molar-refractivity contribution in [1.82, 2.24) is 14.9 Å². The summed E-state index contributed by atoms with van der Waals surface area (Å²) >= 11 is 5.96. The number of aromatic nitrogens is 2. The van der Waals surface area contributed by atoms with Crippen molar-refractivity contribution < 1.29 is 9.53 Å². The quantitative estimate of drug-likeness (QED) is 0.225. The Hall–Kier alpha value is -3.31. The van der Waals surface area contributed by atoms with Crippen molar-refractivity contribution in [1.29, 1.82) is 0 Å². The van der Waals surface area contributed by atoms with E-state index in [4.69, 9.17) is 21.3 Å². The molecular formula is C31H36ClN3O2. The SMILES string of the molecule is CC(NC(=O)Cc1ccc(Cl)cc1)c1nc2ccccc2n1CCCCOc1ccc(C(C)(C)C)cc1. The molecule has 1 N–H and O–H groups in total. The highest BCUT2D eigenvalue weighted by Crippen LogP contribution is 2.25. The van der Waals surface area contributed by atoms with E-state index in [2.05, 4.69) is 61.0 Å². The monoisotopic (exact) mass is 517 g/mol. The molecule has 0 radical (unpaired) electrons. The van der Waals surface area contributed by atoms with Crippen LogP contribution in [-0.2, 0) is 23.2 Å².